The average molecular weight is 389 g/mol. The van der Waals surface area contributed by atoms with Gasteiger partial charge in [0, 0.05) is 19.3 Å². The van der Waals surface area contributed by atoms with E-state index in [1.54, 1.807) is 38.7 Å². The SMILES string of the molecule is O=C(c1ccc(Cn2c(=O)c3cncn3c3ccccc32)cn1)N1CCOCC1. The Labute approximate surface area is 166 Å². The number of pyridine rings is 1. The lowest BCUT2D eigenvalue weighted by molar-refractivity contribution is 0.0299. The van der Waals surface area contributed by atoms with Gasteiger partial charge >= 0.3 is 0 Å². The van der Waals surface area contributed by atoms with Crippen molar-refractivity contribution in [1.82, 2.24) is 23.8 Å². The van der Waals surface area contributed by atoms with Crippen LogP contribution in [-0.4, -0.2) is 56.0 Å². The van der Waals surface area contributed by atoms with E-state index in [2.05, 4.69) is 9.97 Å². The summed E-state index contributed by atoms with van der Waals surface area (Å²) in [4.78, 5) is 35.8. The molecule has 1 saturated heterocycles. The van der Waals surface area contributed by atoms with E-state index < -0.39 is 0 Å². The minimum absolute atomic E-state index is 0.0943. The van der Waals surface area contributed by atoms with Crippen LogP contribution in [0, 0.1) is 0 Å². The standard InChI is InChI=1S/C21H19N5O3/c27-20(24-7-9-29-10-8-24)16-6-5-15(11-23-16)13-25-17-3-1-2-4-18(17)26-14-22-12-19(26)21(25)28/h1-6,11-12,14H,7-10,13H2. The summed E-state index contributed by atoms with van der Waals surface area (Å²) >= 11 is 0. The Bertz CT molecular complexity index is 1250. The Kier molecular flexibility index (Phi) is 4.33. The zero-order chi connectivity index (χ0) is 19.8. The highest BCUT2D eigenvalue weighted by Crippen LogP contribution is 2.16. The van der Waals surface area contributed by atoms with Crippen molar-refractivity contribution in [2.24, 2.45) is 0 Å². The molecule has 0 radical (unpaired) electrons. The highest BCUT2D eigenvalue weighted by atomic mass is 16.5. The molecule has 8 heteroatoms. The first-order chi connectivity index (χ1) is 14.2. The molecule has 1 aliphatic rings. The molecular formula is C21H19N5O3. The molecule has 146 valence electrons. The number of aromatic nitrogens is 4. The molecule has 0 unspecified atom stereocenters. The maximum atomic E-state index is 13.0. The Balaban J connectivity index is 1.48. The normalized spacial score (nSPS) is 14.6. The van der Waals surface area contributed by atoms with E-state index in [1.165, 1.54) is 0 Å². The molecule has 0 atom stereocenters. The molecule has 4 heterocycles. The molecule has 4 aromatic rings. The third kappa shape index (κ3) is 3.07. The van der Waals surface area contributed by atoms with Crippen LogP contribution in [-0.2, 0) is 11.3 Å². The highest BCUT2D eigenvalue weighted by molar-refractivity contribution is 5.92. The van der Waals surface area contributed by atoms with Crippen molar-refractivity contribution in [3.8, 4) is 0 Å². The van der Waals surface area contributed by atoms with Gasteiger partial charge in [-0.15, -0.1) is 0 Å². The van der Waals surface area contributed by atoms with E-state index in [0.29, 0.717) is 44.1 Å². The zero-order valence-electron chi connectivity index (χ0n) is 15.7. The molecule has 1 aromatic carbocycles. The van der Waals surface area contributed by atoms with Crippen LogP contribution in [0.25, 0.3) is 16.6 Å². The first-order valence-electron chi connectivity index (χ1n) is 9.48. The van der Waals surface area contributed by atoms with Gasteiger partial charge in [-0.3, -0.25) is 19.0 Å². The second-order valence-corrected chi connectivity index (χ2v) is 6.99. The predicted molar refractivity (Wildman–Crippen MR) is 107 cm³/mol. The van der Waals surface area contributed by atoms with E-state index in [1.807, 2.05) is 30.3 Å². The van der Waals surface area contributed by atoms with Gasteiger partial charge in [-0.2, -0.15) is 0 Å². The van der Waals surface area contributed by atoms with Crippen molar-refractivity contribution in [2.45, 2.75) is 6.54 Å². The number of morpholine rings is 1. The quantitative estimate of drug-likeness (QED) is 0.531. The Morgan fingerprint density at radius 3 is 2.55 bits per heavy atom. The number of imidazole rings is 1. The van der Waals surface area contributed by atoms with Crippen molar-refractivity contribution in [1.29, 1.82) is 0 Å². The number of rotatable bonds is 3. The lowest BCUT2D eigenvalue weighted by Crippen LogP contribution is -2.41. The zero-order valence-corrected chi connectivity index (χ0v) is 15.7. The third-order valence-electron chi connectivity index (χ3n) is 5.22. The van der Waals surface area contributed by atoms with Gasteiger partial charge in [-0.05, 0) is 23.8 Å². The minimum Gasteiger partial charge on any atom is -0.378 e. The maximum absolute atomic E-state index is 13.0. The molecule has 8 nitrogen and oxygen atoms in total. The largest absolute Gasteiger partial charge is 0.378 e. The second-order valence-electron chi connectivity index (χ2n) is 6.99. The maximum Gasteiger partial charge on any atom is 0.277 e. The average Bonchev–Trinajstić information content (AvgIpc) is 3.28. The van der Waals surface area contributed by atoms with Crippen LogP contribution in [0.4, 0.5) is 0 Å². The van der Waals surface area contributed by atoms with E-state index in [4.69, 9.17) is 4.74 Å². The molecule has 0 N–H and O–H groups in total. The van der Waals surface area contributed by atoms with Gasteiger partial charge in [0.2, 0.25) is 0 Å². The third-order valence-corrected chi connectivity index (χ3v) is 5.22. The number of amides is 1. The molecule has 1 aliphatic heterocycles. The van der Waals surface area contributed by atoms with E-state index in [-0.39, 0.29) is 11.5 Å². The summed E-state index contributed by atoms with van der Waals surface area (Å²) in [5.74, 6) is -0.0943. The summed E-state index contributed by atoms with van der Waals surface area (Å²) in [6.45, 7) is 2.62. The van der Waals surface area contributed by atoms with E-state index in [0.717, 1.165) is 16.6 Å². The van der Waals surface area contributed by atoms with Gasteiger partial charge < -0.3 is 14.2 Å². The topological polar surface area (TPSA) is 81.7 Å². The number of para-hydroxylation sites is 2. The van der Waals surface area contributed by atoms with Crippen LogP contribution in [0.1, 0.15) is 16.1 Å². The number of benzene rings is 1. The van der Waals surface area contributed by atoms with Crippen LogP contribution in [0.5, 0.6) is 0 Å². The highest BCUT2D eigenvalue weighted by Gasteiger charge is 2.19. The molecule has 0 spiro atoms. The number of nitrogens with zero attached hydrogens (tertiary/aromatic N) is 5. The summed E-state index contributed by atoms with van der Waals surface area (Å²) in [5, 5.41) is 0. The van der Waals surface area contributed by atoms with Crippen molar-refractivity contribution in [2.75, 3.05) is 26.3 Å². The van der Waals surface area contributed by atoms with Gasteiger partial charge in [0.05, 0.1) is 43.3 Å². The van der Waals surface area contributed by atoms with E-state index in [9.17, 15) is 9.59 Å². The molecular weight excluding hydrogens is 370 g/mol. The summed E-state index contributed by atoms with van der Waals surface area (Å²) in [6.07, 6.45) is 4.89. The number of carbonyl (C=O) groups is 1. The molecule has 5 rings (SSSR count). The lowest BCUT2D eigenvalue weighted by Gasteiger charge is -2.26. The fraction of sp³-hybridized carbons (Fsp3) is 0.238. The molecule has 0 aliphatic carbocycles. The van der Waals surface area contributed by atoms with Crippen molar-refractivity contribution in [3.63, 3.8) is 0 Å². The Morgan fingerprint density at radius 1 is 1.00 bits per heavy atom. The summed E-state index contributed by atoms with van der Waals surface area (Å²) < 4.78 is 8.81. The smallest absolute Gasteiger partial charge is 0.277 e. The van der Waals surface area contributed by atoms with Crippen LogP contribution >= 0.6 is 0 Å². The van der Waals surface area contributed by atoms with Gasteiger partial charge in [0.15, 0.2) is 0 Å². The number of hydrogen-bond donors (Lipinski definition) is 0. The van der Waals surface area contributed by atoms with Gasteiger partial charge in [0.25, 0.3) is 11.5 Å². The van der Waals surface area contributed by atoms with Crippen LogP contribution in [0.3, 0.4) is 0 Å². The first kappa shape index (κ1) is 17.6. The molecule has 29 heavy (non-hydrogen) atoms. The van der Waals surface area contributed by atoms with Gasteiger partial charge in [0.1, 0.15) is 11.2 Å². The van der Waals surface area contributed by atoms with Crippen LogP contribution < -0.4 is 5.56 Å². The minimum atomic E-state index is -0.116. The summed E-state index contributed by atoms with van der Waals surface area (Å²) in [6, 6.07) is 11.3. The lowest BCUT2D eigenvalue weighted by atomic mass is 10.2. The fourth-order valence-corrected chi connectivity index (χ4v) is 3.70. The Hall–Kier alpha value is -3.52. The molecule has 0 saturated carbocycles. The number of ether oxygens (including phenoxy) is 1. The van der Waals surface area contributed by atoms with E-state index >= 15 is 0 Å². The number of carbonyl (C=O) groups excluding carboxylic acids is 1. The van der Waals surface area contributed by atoms with Crippen molar-refractivity contribution >= 4 is 22.5 Å². The summed E-state index contributed by atoms with van der Waals surface area (Å²) in [7, 11) is 0. The summed E-state index contributed by atoms with van der Waals surface area (Å²) in [5.41, 5.74) is 3.38. The molecule has 3 aromatic heterocycles. The van der Waals surface area contributed by atoms with Gasteiger partial charge in [-0.25, -0.2) is 4.98 Å². The molecule has 1 fully saturated rings. The molecule has 1 amide bonds. The number of fused-ring (bicyclic) bond motifs is 3. The van der Waals surface area contributed by atoms with Crippen molar-refractivity contribution < 1.29 is 9.53 Å². The number of hydrogen-bond acceptors (Lipinski definition) is 5. The first-order valence-corrected chi connectivity index (χ1v) is 9.48. The van der Waals surface area contributed by atoms with Crippen LogP contribution in [0.2, 0.25) is 0 Å². The van der Waals surface area contributed by atoms with Gasteiger partial charge in [-0.1, -0.05) is 18.2 Å². The predicted octanol–water partition coefficient (Wildman–Crippen LogP) is 1.56. The van der Waals surface area contributed by atoms with Crippen LogP contribution in [0.15, 0.2) is 59.9 Å². The fourth-order valence-electron chi connectivity index (χ4n) is 3.70. The van der Waals surface area contributed by atoms with Crippen molar-refractivity contribution in [3.05, 3.63) is 76.7 Å². The Morgan fingerprint density at radius 2 is 1.79 bits per heavy atom. The second kappa shape index (κ2) is 7.14. The molecule has 0 bridgehead atoms. The monoisotopic (exact) mass is 389 g/mol.